The number of fused-ring (bicyclic) bond motifs is 1. The van der Waals surface area contributed by atoms with Crippen molar-refractivity contribution in [3.05, 3.63) is 47.1 Å². The number of pyridine rings is 1. The second-order valence-corrected chi connectivity index (χ2v) is 7.10. The van der Waals surface area contributed by atoms with Crippen molar-refractivity contribution in [2.75, 3.05) is 0 Å². The van der Waals surface area contributed by atoms with E-state index in [1.807, 2.05) is 0 Å². The summed E-state index contributed by atoms with van der Waals surface area (Å²) in [5.74, 6) is -1.56. The number of nitrogens with zero attached hydrogens (tertiary/aromatic N) is 3. The Morgan fingerprint density at radius 3 is 2.68 bits per heavy atom. The molecule has 11 heteroatoms. The lowest BCUT2D eigenvalue weighted by Gasteiger charge is -2.11. The van der Waals surface area contributed by atoms with E-state index in [2.05, 4.69) is 9.97 Å². The number of aryl methyl sites for hydroxylation is 1. The summed E-state index contributed by atoms with van der Waals surface area (Å²) in [5.41, 5.74) is 0.224. The number of para-hydroxylation sites is 2. The van der Waals surface area contributed by atoms with Crippen molar-refractivity contribution in [1.29, 1.82) is 0 Å². The van der Waals surface area contributed by atoms with Crippen molar-refractivity contribution < 1.29 is 27.5 Å². The molecular formula is C17H12ClF4N3O2S. The van der Waals surface area contributed by atoms with Gasteiger partial charge in [-0.05, 0) is 30.0 Å². The molecule has 1 atom stereocenters. The molecule has 1 N–H and O–H groups in total. The number of hydrogen-bond donors (Lipinski definition) is 1. The summed E-state index contributed by atoms with van der Waals surface area (Å²) < 4.78 is 53.4. The van der Waals surface area contributed by atoms with Crippen molar-refractivity contribution in [3.63, 3.8) is 0 Å². The molecule has 2 heterocycles. The quantitative estimate of drug-likeness (QED) is 0.550. The lowest BCUT2D eigenvalue weighted by Crippen LogP contribution is -2.17. The normalized spacial score (nSPS) is 13.0. The minimum Gasteiger partial charge on any atom is -0.479 e. The highest BCUT2D eigenvalue weighted by molar-refractivity contribution is 7.99. The predicted octanol–water partition coefficient (Wildman–Crippen LogP) is 5.07. The largest absolute Gasteiger partial charge is 0.479 e. The Balaban J connectivity index is 1.94. The molecule has 2 aromatic heterocycles. The minimum atomic E-state index is -4.57. The second kappa shape index (κ2) is 7.96. The van der Waals surface area contributed by atoms with Crippen molar-refractivity contribution in [2.24, 2.45) is 0 Å². The first kappa shape index (κ1) is 20.4. The number of carboxylic acids is 1. The number of carbonyl (C=O) groups is 1. The molecule has 3 rings (SSSR count). The maximum absolute atomic E-state index is 13.5. The first-order chi connectivity index (χ1) is 13.2. The van der Waals surface area contributed by atoms with Crippen molar-refractivity contribution >= 4 is 40.4 Å². The van der Waals surface area contributed by atoms with E-state index in [0.29, 0.717) is 22.4 Å². The van der Waals surface area contributed by atoms with Crippen LogP contribution in [0.1, 0.15) is 12.0 Å². The van der Waals surface area contributed by atoms with Crippen LogP contribution in [0.3, 0.4) is 0 Å². The maximum atomic E-state index is 13.5. The zero-order valence-corrected chi connectivity index (χ0v) is 15.5. The molecule has 0 saturated heterocycles. The zero-order valence-electron chi connectivity index (χ0n) is 14.0. The van der Waals surface area contributed by atoms with Gasteiger partial charge >= 0.3 is 12.1 Å². The highest BCUT2D eigenvalue weighted by Crippen LogP contribution is 2.37. The number of aromatic nitrogens is 3. The molecule has 0 radical (unpaired) electrons. The van der Waals surface area contributed by atoms with Gasteiger partial charge in [0, 0.05) is 19.2 Å². The van der Waals surface area contributed by atoms with Crippen molar-refractivity contribution in [2.45, 2.75) is 35.5 Å². The molecule has 28 heavy (non-hydrogen) atoms. The van der Waals surface area contributed by atoms with Gasteiger partial charge in [-0.2, -0.15) is 13.2 Å². The van der Waals surface area contributed by atoms with Gasteiger partial charge in [0.25, 0.3) is 0 Å². The monoisotopic (exact) mass is 433 g/mol. The summed E-state index contributed by atoms with van der Waals surface area (Å²) in [5, 5.41) is 8.94. The van der Waals surface area contributed by atoms with Crippen LogP contribution in [0, 0.1) is 0 Å². The summed E-state index contributed by atoms with van der Waals surface area (Å²) in [6.07, 6.45) is -6.24. The molecule has 1 aromatic carbocycles. The summed E-state index contributed by atoms with van der Waals surface area (Å²) >= 11 is 6.86. The number of aliphatic carboxylic acids is 1. The van der Waals surface area contributed by atoms with Gasteiger partial charge in [-0.3, -0.25) is 0 Å². The molecule has 0 amide bonds. The summed E-state index contributed by atoms with van der Waals surface area (Å²) in [4.78, 5) is 18.9. The summed E-state index contributed by atoms with van der Waals surface area (Å²) in [6.45, 7) is 0.00850. The van der Waals surface area contributed by atoms with Gasteiger partial charge in [0.15, 0.2) is 11.3 Å². The Kier molecular flexibility index (Phi) is 5.80. The van der Waals surface area contributed by atoms with Gasteiger partial charge in [-0.15, -0.1) is 0 Å². The standard InChI is InChI=1S/C17H12ClF4N3O2S/c18-10-7-9(17(20,21)22)8-23-14(10)28-16-24-12-3-1-2-4-13(12)25(16)6-5-11(19)15(26)27/h1-4,7-8,11H,5-6H2,(H,26,27)/t11-/m0/s1. The topological polar surface area (TPSA) is 68.0 Å². The number of halogens is 5. The smallest absolute Gasteiger partial charge is 0.417 e. The zero-order chi connectivity index (χ0) is 20.5. The highest BCUT2D eigenvalue weighted by Gasteiger charge is 2.32. The van der Waals surface area contributed by atoms with Crippen molar-refractivity contribution in [3.8, 4) is 0 Å². The number of imidazole rings is 1. The Bertz CT molecular complexity index is 1030. The molecule has 3 aromatic rings. The van der Waals surface area contributed by atoms with E-state index in [1.165, 1.54) is 0 Å². The Labute approximate surface area is 165 Å². The van der Waals surface area contributed by atoms with Crippen LogP contribution in [0.2, 0.25) is 5.02 Å². The molecule has 5 nitrogen and oxygen atoms in total. The summed E-state index contributed by atoms with van der Waals surface area (Å²) in [6, 6.07) is 7.69. The molecule has 0 unspecified atom stereocenters. The van der Waals surface area contributed by atoms with Crippen molar-refractivity contribution in [1.82, 2.24) is 14.5 Å². The molecule has 0 aliphatic heterocycles. The fourth-order valence-electron chi connectivity index (χ4n) is 2.46. The van der Waals surface area contributed by atoms with E-state index < -0.39 is 23.9 Å². The number of rotatable bonds is 6. The van der Waals surface area contributed by atoms with Gasteiger partial charge in [-0.1, -0.05) is 23.7 Å². The van der Waals surface area contributed by atoms with Crippen LogP contribution < -0.4 is 0 Å². The van der Waals surface area contributed by atoms with Gasteiger partial charge in [-0.25, -0.2) is 19.2 Å². The van der Waals surface area contributed by atoms with Gasteiger partial charge in [0.2, 0.25) is 0 Å². The van der Waals surface area contributed by atoms with Crippen LogP contribution in [-0.2, 0) is 17.5 Å². The van der Waals surface area contributed by atoms with Crippen LogP contribution in [-0.4, -0.2) is 31.8 Å². The van der Waals surface area contributed by atoms with E-state index in [4.69, 9.17) is 16.7 Å². The third-order valence-corrected chi connectivity index (χ3v) is 5.23. The van der Waals surface area contributed by atoms with E-state index in [1.54, 1.807) is 28.8 Å². The third kappa shape index (κ3) is 4.39. The molecule has 0 saturated carbocycles. The number of benzene rings is 1. The molecule has 0 aliphatic carbocycles. The number of alkyl halides is 4. The highest BCUT2D eigenvalue weighted by atomic mass is 35.5. The van der Waals surface area contributed by atoms with Gasteiger partial charge in [0.1, 0.15) is 5.03 Å². The Morgan fingerprint density at radius 2 is 2.04 bits per heavy atom. The van der Waals surface area contributed by atoms with E-state index in [0.717, 1.165) is 17.8 Å². The van der Waals surface area contributed by atoms with E-state index in [9.17, 15) is 22.4 Å². The van der Waals surface area contributed by atoms with Crippen LogP contribution in [0.25, 0.3) is 11.0 Å². The minimum absolute atomic E-state index is 0.00850. The molecule has 0 spiro atoms. The van der Waals surface area contributed by atoms with E-state index >= 15 is 0 Å². The Morgan fingerprint density at radius 1 is 1.32 bits per heavy atom. The van der Waals surface area contributed by atoms with Crippen LogP contribution in [0.4, 0.5) is 17.6 Å². The average molecular weight is 434 g/mol. The first-order valence-corrected chi connectivity index (χ1v) is 9.09. The molecule has 0 fully saturated rings. The number of hydrogen-bond acceptors (Lipinski definition) is 4. The lowest BCUT2D eigenvalue weighted by molar-refractivity contribution is -0.143. The molecule has 0 bridgehead atoms. The molecule has 0 aliphatic rings. The molecular weight excluding hydrogens is 422 g/mol. The van der Waals surface area contributed by atoms with Gasteiger partial charge < -0.3 is 9.67 Å². The van der Waals surface area contributed by atoms with Crippen LogP contribution in [0.15, 0.2) is 46.7 Å². The second-order valence-electron chi connectivity index (χ2n) is 5.74. The average Bonchev–Trinajstić information content (AvgIpc) is 2.97. The third-order valence-electron chi connectivity index (χ3n) is 3.82. The molecule has 148 valence electrons. The predicted molar refractivity (Wildman–Crippen MR) is 95.3 cm³/mol. The SMILES string of the molecule is O=C(O)[C@@H](F)CCn1c(Sc2ncc(C(F)(F)F)cc2Cl)nc2ccccc21. The van der Waals surface area contributed by atoms with E-state index in [-0.39, 0.29) is 23.0 Å². The van der Waals surface area contributed by atoms with Crippen LogP contribution >= 0.6 is 23.4 Å². The fraction of sp³-hybridized carbons (Fsp3) is 0.235. The fourth-order valence-corrected chi connectivity index (χ4v) is 3.62. The number of carboxylic acid groups (broad SMARTS) is 1. The Hall–Kier alpha value is -2.33. The first-order valence-electron chi connectivity index (χ1n) is 7.89. The van der Waals surface area contributed by atoms with Crippen LogP contribution in [0.5, 0.6) is 0 Å². The van der Waals surface area contributed by atoms with Gasteiger partial charge in [0.05, 0.1) is 21.6 Å². The maximum Gasteiger partial charge on any atom is 0.417 e. The lowest BCUT2D eigenvalue weighted by atomic mass is 10.2. The summed E-state index contributed by atoms with van der Waals surface area (Å²) in [7, 11) is 0.